The van der Waals surface area contributed by atoms with Crippen LogP contribution in [-0.2, 0) is 14.8 Å². The van der Waals surface area contributed by atoms with Crippen LogP contribution in [0.25, 0.3) is 0 Å². The second-order valence-corrected chi connectivity index (χ2v) is 7.27. The van der Waals surface area contributed by atoms with Crippen molar-refractivity contribution < 1.29 is 27.9 Å². The van der Waals surface area contributed by atoms with Gasteiger partial charge < -0.3 is 15.2 Å². The number of carbonyl (C=O) groups is 2. The highest BCUT2D eigenvalue weighted by atomic mass is 32.2. The highest BCUT2D eigenvalue weighted by Gasteiger charge is 2.18. The van der Waals surface area contributed by atoms with Gasteiger partial charge in [-0.25, -0.2) is 18.0 Å². The van der Waals surface area contributed by atoms with Gasteiger partial charge in [0.15, 0.2) is 0 Å². The van der Waals surface area contributed by atoms with Crippen LogP contribution in [0.15, 0.2) is 18.5 Å². The molecule has 1 aromatic heterocycles. The maximum absolute atomic E-state index is 11.9. The zero-order chi connectivity index (χ0) is 16.3. The highest BCUT2D eigenvalue weighted by molar-refractivity contribution is 7.89. The normalized spacial score (nSPS) is 12.0. The average molecular weight is 318 g/mol. The predicted molar refractivity (Wildman–Crippen MR) is 74.8 cm³/mol. The lowest BCUT2D eigenvalue weighted by atomic mass is 10.2. The van der Waals surface area contributed by atoms with Gasteiger partial charge in [0.25, 0.3) is 0 Å². The Hall–Kier alpha value is -2.03. The Morgan fingerprint density at radius 3 is 2.48 bits per heavy atom. The molecule has 0 aliphatic heterocycles. The molecule has 1 aromatic rings. The largest absolute Gasteiger partial charge is 0.478 e. The van der Waals surface area contributed by atoms with Crippen molar-refractivity contribution in [3.8, 4) is 0 Å². The van der Waals surface area contributed by atoms with Crippen molar-refractivity contribution in [3.63, 3.8) is 0 Å². The number of hydrogen-bond donors (Lipinski definition) is 2. The summed E-state index contributed by atoms with van der Waals surface area (Å²) in [6.07, 6.45) is 1.44. The van der Waals surface area contributed by atoms with Gasteiger partial charge in [-0.15, -0.1) is 0 Å². The van der Waals surface area contributed by atoms with Gasteiger partial charge in [0.1, 0.15) is 5.60 Å². The molecule has 2 N–H and O–H groups in total. The Kier molecular flexibility index (Phi) is 5.00. The average Bonchev–Trinajstić information content (AvgIpc) is 2.75. The van der Waals surface area contributed by atoms with E-state index >= 15 is 0 Å². The summed E-state index contributed by atoms with van der Waals surface area (Å²) in [5.41, 5.74) is -0.793. The molecule has 21 heavy (non-hydrogen) atoms. The number of aromatic nitrogens is 1. The molecule has 0 aliphatic rings. The Bertz CT molecular complexity index is 626. The van der Waals surface area contributed by atoms with Gasteiger partial charge in [-0.1, -0.05) is 0 Å². The van der Waals surface area contributed by atoms with E-state index in [0.717, 1.165) is 16.4 Å². The molecule has 9 heteroatoms. The minimum absolute atomic E-state index is 0.126. The first-order chi connectivity index (χ1) is 9.51. The van der Waals surface area contributed by atoms with E-state index in [-0.39, 0.29) is 17.9 Å². The van der Waals surface area contributed by atoms with Crippen molar-refractivity contribution in [1.29, 1.82) is 0 Å². The fraction of sp³-hybridized carbons (Fsp3) is 0.500. The summed E-state index contributed by atoms with van der Waals surface area (Å²) in [7, 11) is -3.73. The quantitative estimate of drug-likeness (QED) is 0.833. The van der Waals surface area contributed by atoms with Gasteiger partial charge in [-0.3, -0.25) is 3.97 Å². The van der Waals surface area contributed by atoms with E-state index in [2.05, 4.69) is 5.32 Å². The van der Waals surface area contributed by atoms with E-state index in [4.69, 9.17) is 9.84 Å². The zero-order valence-corrected chi connectivity index (χ0v) is 12.8. The molecular weight excluding hydrogens is 300 g/mol. The van der Waals surface area contributed by atoms with Gasteiger partial charge in [-0.2, -0.15) is 0 Å². The molecule has 0 saturated carbocycles. The number of rotatable bonds is 5. The van der Waals surface area contributed by atoms with Crippen LogP contribution >= 0.6 is 0 Å². The minimum Gasteiger partial charge on any atom is -0.478 e. The molecule has 0 unspecified atom stereocenters. The molecule has 118 valence electrons. The minimum atomic E-state index is -3.73. The van der Waals surface area contributed by atoms with E-state index in [0.29, 0.717) is 0 Å². The third-order valence-electron chi connectivity index (χ3n) is 2.26. The number of alkyl carbamates (subject to hydrolysis) is 1. The van der Waals surface area contributed by atoms with Gasteiger partial charge in [0.2, 0.25) is 10.0 Å². The van der Waals surface area contributed by atoms with E-state index in [1.165, 1.54) is 6.07 Å². The molecular formula is C12H18N2O6S. The number of ether oxygens (including phenoxy) is 1. The molecule has 0 aromatic carbocycles. The first-order valence-corrected chi connectivity index (χ1v) is 7.73. The molecule has 0 atom stereocenters. The lowest BCUT2D eigenvalue weighted by Crippen LogP contribution is -2.35. The summed E-state index contributed by atoms with van der Waals surface area (Å²) in [5.74, 6) is -1.59. The fourth-order valence-corrected chi connectivity index (χ4v) is 2.47. The molecule has 0 saturated heterocycles. The number of aromatic carboxylic acids is 1. The van der Waals surface area contributed by atoms with E-state index in [1.54, 1.807) is 20.8 Å². The van der Waals surface area contributed by atoms with Crippen LogP contribution in [0.4, 0.5) is 4.79 Å². The first kappa shape index (κ1) is 17.0. The Labute approximate surface area is 122 Å². The van der Waals surface area contributed by atoms with Crippen molar-refractivity contribution in [1.82, 2.24) is 9.29 Å². The second kappa shape index (κ2) is 6.17. The maximum Gasteiger partial charge on any atom is 0.407 e. The number of carboxylic acids is 1. The maximum atomic E-state index is 11.9. The summed E-state index contributed by atoms with van der Waals surface area (Å²) >= 11 is 0. The Balaban J connectivity index is 2.57. The number of amides is 1. The lowest BCUT2D eigenvalue weighted by molar-refractivity contribution is 0.0530. The van der Waals surface area contributed by atoms with E-state index < -0.39 is 27.7 Å². The molecule has 8 nitrogen and oxygen atoms in total. The topological polar surface area (TPSA) is 115 Å². The van der Waals surface area contributed by atoms with Crippen molar-refractivity contribution in [2.24, 2.45) is 0 Å². The van der Waals surface area contributed by atoms with Crippen LogP contribution in [0.5, 0.6) is 0 Å². The molecule has 1 rings (SSSR count). The zero-order valence-electron chi connectivity index (χ0n) is 12.0. The van der Waals surface area contributed by atoms with E-state index in [9.17, 15) is 18.0 Å². The summed E-state index contributed by atoms with van der Waals surface area (Å²) in [5, 5.41) is 11.1. The van der Waals surface area contributed by atoms with Crippen LogP contribution in [0.3, 0.4) is 0 Å². The Morgan fingerprint density at radius 2 is 2.00 bits per heavy atom. The van der Waals surface area contributed by atoms with Crippen molar-refractivity contribution in [2.75, 3.05) is 12.3 Å². The monoisotopic (exact) mass is 318 g/mol. The molecule has 0 bridgehead atoms. The number of carbonyl (C=O) groups excluding carboxylic acids is 1. The van der Waals surface area contributed by atoms with Gasteiger partial charge in [-0.05, 0) is 26.8 Å². The van der Waals surface area contributed by atoms with Crippen molar-refractivity contribution >= 4 is 22.1 Å². The summed E-state index contributed by atoms with van der Waals surface area (Å²) in [6.45, 7) is 4.93. The van der Waals surface area contributed by atoms with Crippen molar-refractivity contribution in [3.05, 3.63) is 24.0 Å². The molecule has 0 fully saturated rings. The van der Waals surface area contributed by atoms with Crippen molar-refractivity contribution in [2.45, 2.75) is 26.4 Å². The molecule has 0 radical (unpaired) electrons. The van der Waals surface area contributed by atoms with Crippen LogP contribution in [0, 0.1) is 0 Å². The number of carboxylic acid groups (broad SMARTS) is 1. The van der Waals surface area contributed by atoms with Crippen LogP contribution in [-0.4, -0.2) is 47.5 Å². The van der Waals surface area contributed by atoms with E-state index in [1.807, 2.05) is 0 Å². The SMILES string of the molecule is CC(C)(C)OC(=O)NCCS(=O)(=O)n1ccc(C(=O)O)c1. The third kappa shape index (κ3) is 5.46. The van der Waals surface area contributed by atoms with Crippen LogP contribution < -0.4 is 5.32 Å². The van der Waals surface area contributed by atoms with Crippen LogP contribution in [0.2, 0.25) is 0 Å². The summed E-state index contributed by atoms with van der Waals surface area (Å²) in [4.78, 5) is 22.1. The molecule has 1 amide bonds. The Morgan fingerprint density at radius 1 is 1.38 bits per heavy atom. The standard InChI is InChI=1S/C12H18N2O6S/c1-12(2,3)20-11(17)13-5-7-21(18,19)14-6-4-9(8-14)10(15)16/h4,6,8H,5,7H2,1-3H3,(H,13,17)(H,15,16). The highest BCUT2D eigenvalue weighted by Crippen LogP contribution is 2.07. The molecule has 0 aliphatic carbocycles. The summed E-state index contributed by atoms with van der Waals surface area (Å²) in [6, 6.07) is 1.18. The van der Waals surface area contributed by atoms with Gasteiger partial charge >= 0.3 is 12.1 Å². The molecule has 1 heterocycles. The predicted octanol–water partition coefficient (Wildman–Crippen LogP) is 0.889. The smallest absolute Gasteiger partial charge is 0.407 e. The fourth-order valence-electron chi connectivity index (χ4n) is 1.38. The molecule has 0 spiro atoms. The lowest BCUT2D eigenvalue weighted by Gasteiger charge is -2.19. The van der Waals surface area contributed by atoms with Gasteiger partial charge in [0, 0.05) is 18.9 Å². The third-order valence-corrected chi connectivity index (χ3v) is 3.85. The number of hydrogen-bond acceptors (Lipinski definition) is 5. The summed E-state index contributed by atoms with van der Waals surface area (Å²) < 4.78 is 29.6. The first-order valence-electron chi connectivity index (χ1n) is 6.13. The second-order valence-electron chi connectivity index (χ2n) is 5.28. The number of nitrogens with one attached hydrogen (secondary N) is 1. The number of nitrogens with zero attached hydrogens (tertiary/aromatic N) is 1. The van der Waals surface area contributed by atoms with Gasteiger partial charge in [0.05, 0.1) is 11.3 Å². The van der Waals surface area contributed by atoms with Crippen LogP contribution in [0.1, 0.15) is 31.1 Å².